The summed E-state index contributed by atoms with van der Waals surface area (Å²) in [5.41, 5.74) is 1.06. The molecule has 108 valence electrons. The lowest BCUT2D eigenvalue weighted by Crippen LogP contribution is -2.38. The van der Waals surface area contributed by atoms with Crippen LogP contribution in [0.1, 0.15) is 60.3 Å². The van der Waals surface area contributed by atoms with Gasteiger partial charge in [0.1, 0.15) is 6.10 Å². The van der Waals surface area contributed by atoms with E-state index in [1.165, 1.54) is 12.8 Å². The first-order valence-corrected chi connectivity index (χ1v) is 7.57. The van der Waals surface area contributed by atoms with Crippen molar-refractivity contribution in [1.29, 1.82) is 0 Å². The molecule has 2 aliphatic rings. The summed E-state index contributed by atoms with van der Waals surface area (Å²) in [5.74, 6) is 0.976. The molecule has 2 bridgehead atoms. The monoisotopic (exact) mass is 264 g/mol. The van der Waals surface area contributed by atoms with Gasteiger partial charge in [-0.05, 0) is 42.9 Å². The molecular formula is C17H28O2. The van der Waals surface area contributed by atoms with E-state index < -0.39 is 0 Å². The molecule has 2 heteroatoms. The van der Waals surface area contributed by atoms with Crippen LogP contribution in [0.4, 0.5) is 0 Å². The van der Waals surface area contributed by atoms with E-state index in [1.807, 2.05) is 0 Å². The van der Waals surface area contributed by atoms with E-state index in [1.54, 1.807) is 0 Å². The van der Waals surface area contributed by atoms with Gasteiger partial charge in [-0.2, -0.15) is 0 Å². The molecule has 0 aromatic rings. The molecule has 0 amide bonds. The van der Waals surface area contributed by atoms with E-state index in [0.29, 0.717) is 17.4 Å². The Balaban J connectivity index is 2.02. The lowest BCUT2D eigenvalue weighted by molar-refractivity contribution is -0.152. The second-order valence-corrected chi connectivity index (χ2v) is 7.71. The molecule has 2 nitrogen and oxygen atoms in total. The van der Waals surface area contributed by atoms with Gasteiger partial charge < -0.3 is 4.74 Å². The van der Waals surface area contributed by atoms with Crippen molar-refractivity contribution in [1.82, 2.24) is 0 Å². The highest BCUT2D eigenvalue weighted by atomic mass is 16.5. The van der Waals surface area contributed by atoms with E-state index in [4.69, 9.17) is 4.74 Å². The summed E-state index contributed by atoms with van der Waals surface area (Å²) in [7, 11) is 0. The van der Waals surface area contributed by atoms with Crippen molar-refractivity contribution in [3.63, 3.8) is 0 Å². The summed E-state index contributed by atoms with van der Waals surface area (Å²) in [6.07, 6.45) is 4.31. The average Bonchev–Trinajstić information content (AvgIpc) is 2.61. The number of esters is 1. The second-order valence-electron chi connectivity index (χ2n) is 7.71. The minimum atomic E-state index is -0.178. The Morgan fingerprint density at radius 2 is 2.00 bits per heavy atom. The molecule has 3 atom stereocenters. The number of rotatable bonds is 4. The zero-order valence-electron chi connectivity index (χ0n) is 13.1. The maximum atomic E-state index is 12.1. The summed E-state index contributed by atoms with van der Waals surface area (Å²) >= 11 is 0. The van der Waals surface area contributed by atoms with Crippen molar-refractivity contribution in [3.8, 4) is 0 Å². The number of hydrogen-bond acceptors (Lipinski definition) is 2. The molecule has 2 aliphatic carbocycles. The quantitative estimate of drug-likeness (QED) is 0.557. The van der Waals surface area contributed by atoms with E-state index in [9.17, 15) is 4.79 Å². The van der Waals surface area contributed by atoms with Crippen LogP contribution in [0, 0.1) is 22.7 Å². The van der Waals surface area contributed by atoms with Gasteiger partial charge >= 0.3 is 5.97 Å². The largest absolute Gasteiger partial charge is 0.458 e. The molecule has 0 spiro atoms. The van der Waals surface area contributed by atoms with Crippen molar-refractivity contribution >= 4 is 5.97 Å². The normalized spacial score (nSPS) is 35.7. The highest BCUT2D eigenvalue weighted by Crippen LogP contribution is 2.66. The van der Waals surface area contributed by atoms with E-state index in [-0.39, 0.29) is 22.9 Å². The maximum absolute atomic E-state index is 12.1. The Bertz CT molecular complexity index is 394. The molecule has 2 saturated carbocycles. The van der Waals surface area contributed by atoms with Crippen LogP contribution < -0.4 is 0 Å². The van der Waals surface area contributed by atoms with Crippen LogP contribution in [0.5, 0.6) is 0 Å². The second kappa shape index (κ2) is 4.64. The maximum Gasteiger partial charge on any atom is 0.333 e. The third kappa shape index (κ3) is 2.23. The first-order chi connectivity index (χ1) is 8.68. The Labute approximate surface area is 117 Å². The molecule has 0 aromatic heterocycles. The predicted molar refractivity (Wildman–Crippen MR) is 77.7 cm³/mol. The first-order valence-electron chi connectivity index (χ1n) is 7.57. The topological polar surface area (TPSA) is 26.3 Å². The zero-order valence-corrected chi connectivity index (χ0v) is 13.1. The third-order valence-corrected chi connectivity index (χ3v) is 5.91. The van der Waals surface area contributed by atoms with Crippen LogP contribution in [0.2, 0.25) is 0 Å². The van der Waals surface area contributed by atoms with Gasteiger partial charge in [-0.3, -0.25) is 0 Å². The van der Waals surface area contributed by atoms with Gasteiger partial charge in [-0.1, -0.05) is 41.2 Å². The van der Waals surface area contributed by atoms with Gasteiger partial charge in [-0.15, -0.1) is 0 Å². The van der Waals surface area contributed by atoms with Crippen molar-refractivity contribution in [2.24, 2.45) is 22.7 Å². The van der Waals surface area contributed by atoms with Crippen molar-refractivity contribution < 1.29 is 9.53 Å². The van der Waals surface area contributed by atoms with Crippen LogP contribution >= 0.6 is 0 Å². The molecule has 0 radical (unpaired) electrons. The van der Waals surface area contributed by atoms with Gasteiger partial charge in [0.2, 0.25) is 0 Å². The van der Waals surface area contributed by atoms with Crippen LogP contribution in [-0.4, -0.2) is 12.1 Å². The number of carbonyl (C=O) groups is 1. The summed E-state index contributed by atoms with van der Waals surface area (Å²) in [5, 5.41) is 0. The predicted octanol–water partition coefficient (Wildman–Crippen LogP) is 4.35. The summed E-state index contributed by atoms with van der Waals surface area (Å²) in [6, 6.07) is 0. The van der Waals surface area contributed by atoms with Crippen molar-refractivity contribution in [3.05, 3.63) is 12.2 Å². The van der Waals surface area contributed by atoms with Crippen molar-refractivity contribution in [2.45, 2.75) is 66.4 Å². The van der Waals surface area contributed by atoms with Crippen molar-refractivity contribution in [2.75, 3.05) is 0 Å². The fraction of sp³-hybridized carbons (Fsp3) is 0.824. The van der Waals surface area contributed by atoms with Crippen LogP contribution in [-0.2, 0) is 9.53 Å². The highest BCUT2D eigenvalue weighted by molar-refractivity contribution is 5.87. The summed E-state index contributed by atoms with van der Waals surface area (Å²) < 4.78 is 5.81. The average molecular weight is 264 g/mol. The molecule has 19 heavy (non-hydrogen) atoms. The van der Waals surface area contributed by atoms with Gasteiger partial charge in [0.05, 0.1) is 0 Å². The number of fused-ring (bicyclic) bond motifs is 2. The lowest BCUT2D eigenvalue weighted by Gasteiger charge is -2.38. The van der Waals surface area contributed by atoms with Crippen LogP contribution in [0.15, 0.2) is 12.2 Å². The molecule has 0 N–H and O–H groups in total. The molecule has 0 heterocycles. The molecular weight excluding hydrogens is 236 g/mol. The fourth-order valence-corrected chi connectivity index (χ4v) is 4.10. The van der Waals surface area contributed by atoms with Gasteiger partial charge in [0.15, 0.2) is 0 Å². The molecule has 0 aliphatic heterocycles. The van der Waals surface area contributed by atoms with Gasteiger partial charge in [0, 0.05) is 11.0 Å². The third-order valence-electron chi connectivity index (χ3n) is 5.91. The Kier molecular flexibility index (Phi) is 3.57. The summed E-state index contributed by atoms with van der Waals surface area (Å²) in [6.45, 7) is 15.0. The van der Waals surface area contributed by atoms with E-state index in [2.05, 4.69) is 41.2 Å². The molecule has 2 rings (SSSR count). The number of ether oxygens (including phenoxy) is 1. The molecule has 3 unspecified atom stereocenters. The van der Waals surface area contributed by atoms with E-state index in [0.717, 1.165) is 12.8 Å². The zero-order chi connectivity index (χ0) is 14.4. The standard InChI is InChI=1S/C17H28O2/c1-11(2)9-12(3)15(18)19-14-10-13-7-8-17(14,6)16(13,4)5/h11,13-14H,3,7-10H2,1-2,4-6H3. The SMILES string of the molecule is C=C(CC(C)C)C(=O)OC1CC2CCC1(C)C2(C)C. The number of hydrogen-bond donors (Lipinski definition) is 0. The van der Waals surface area contributed by atoms with E-state index >= 15 is 0 Å². The Morgan fingerprint density at radius 3 is 2.42 bits per heavy atom. The van der Waals surface area contributed by atoms with Gasteiger partial charge in [0.25, 0.3) is 0 Å². The smallest absolute Gasteiger partial charge is 0.333 e. The molecule has 0 aromatic carbocycles. The molecule has 2 fully saturated rings. The Morgan fingerprint density at radius 1 is 1.37 bits per heavy atom. The first kappa shape index (κ1) is 14.6. The summed E-state index contributed by atoms with van der Waals surface area (Å²) in [4.78, 5) is 12.1. The highest BCUT2D eigenvalue weighted by Gasteiger charge is 2.62. The number of carbonyl (C=O) groups excluding carboxylic acids is 1. The minimum absolute atomic E-state index is 0.0812. The van der Waals surface area contributed by atoms with Gasteiger partial charge in [-0.25, -0.2) is 4.79 Å². The lowest BCUT2D eigenvalue weighted by atomic mass is 9.70. The van der Waals surface area contributed by atoms with Crippen LogP contribution in [0.3, 0.4) is 0 Å². The van der Waals surface area contributed by atoms with Crippen LogP contribution in [0.25, 0.3) is 0 Å². The molecule has 0 saturated heterocycles. The Hall–Kier alpha value is -0.790. The fourth-order valence-electron chi connectivity index (χ4n) is 4.10. The minimum Gasteiger partial charge on any atom is -0.458 e.